The van der Waals surface area contributed by atoms with E-state index in [2.05, 4.69) is 71.6 Å². The first-order valence-electron chi connectivity index (χ1n) is 7.12. The highest BCUT2D eigenvalue weighted by Gasteiger charge is 2.10. The molecule has 0 bridgehead atoms. The zero-order valence-electron chi connectivity index (χ0n) is 13.0. The molecule has 1 N–H and O–H groups in total. The van der Waals surface area contributed by atoms with Crippen molar-refractivity contribution in [2.45, 2.75) is 20.0 Å². The Morgan fingerprint density at radius 3 is 2.46 bits per heavy atom. The molecule has 1 amide bonds. The molecule has 0 saturated carbocycles. The van der Waals surface area contributed by atoms with Gasteiger partial charge >= 0.3 is 0 Å². The van der Waals surface area contributed by atoms with Gasteiger partial charge in [0.25, 0.3) is 5.91 Å². The maximum absolute atomic E-state index is 12.1. The molecule has 0 atom stereocenters. The van der Waals surface area contributed by atoms with Crippen molar-refractivity contribution < 1.29 is 9.53 Å². The molecule has 2 aromatic carbocycles. The van der Waals surface area contributed by atoms with E-state index < -0.39 is 0 Å². The van der Waals surface area contributed by atoms with Gasteiger partial charge in [-0.25, -0.2) is 5.43 Å². The molecule has 0 radical (unpaired) electrons. The number of hydrogen-bond acceptors (Lipinski definition) is 3. The monoisotopic (exact) mass is 612 g/mol. The fourth-order valence-electron chi connectivity index (χ4n) is 1.87. The third-order valence-corrected chi connectivity index (χ3v) is 5.17. The minimum atomic E-state index is -0.261. The number of carbonyl (C=O) groups is 1. The molecular formula is C17H15BrI2N2O2. The van der Waals surface area contributed by atoms with Crippen molar-refractivity contribution in [3.63, 3.8) is 0 Å². The number of hydrazone groups is 1. The summed E-state index contributed by atoms with van der Waals surface area (Å²) in [7, 11) is 0. The van der Waals surface area contributed by atoms with Crippen LogP contribution in [0.4, 0.5) is 0 Å². The van der Waals surface area contributed by atoms with E-state index in [0.29, 0.717) is 5.56 Å². The summed E-state index contributed by atoms with van der Waals surface area (Å²) in [6, 6.07) is 11.1. The third kappa shape index (κ3) is 5.41. The molecule has 0 saturated heterocycles. The van der Waals surface area contributed by atoms with Crippen LogP contribution < -0.4 is 10.2 Å². The summed E-state index contributed by atoms with van der Waals surface area (Å²) in [5.74, 6) is 0.614. The second-order valence-electron chi connectivity index (χ2n) is 5.16. The van der Waals surface area contributed by atoms with Crippen LogP contribution in [0.5, 0.6) is 5.75 Å². The predicted molar refractivity (Wildman–Crippen MR) is 117 cm³/mol. The lowest BCUT2D eigenvalue weighted by Crippen LogP contribution is -2.18. The van der Waals surface area contributed by atoms with E-state index in [-0.39, 0.29) is 12.0 Å². The standard InChI is InChI=1S/C17H15BrI2N2O2/c1-10(2)24-16-14(19)7-11(8-15(16)20)9-21-22-17(23)12-5-3-4-6-13(12)18/h3-10H,1-2H3,(H,22,23)/b21-9-. The molecule has 0 aliphatic rings. The van der Waals surface area contributed by atoms with Crippen LogP contribution >= 0.6 is 61.1 Å². The van der Waals surface area contributed by atoms with Gasteiger partial charge in [-0.3, -0.25) is 4.79 Å². The summed E-state index contributed by atoms with van der Waals surface area (Å²) in [5, 5.41) is 4.04. The summed E-state index contributed by atoms with van der Waals surface area (Å²) in [4.78, 5) is 12.1. The molecule has 24 heavy (non-hydrogen) atoms. The Morgan fingerprint density at radius 2 is 1.88 bits per heavy atom. The van der Waals surface area contributed by atoms with Crippen LogP contribution in [0, 0.1) is 7.14 Å². The van der Waals surface area contributed by atoms with Crippen LogP contribution in [0.2, 0.25) is 0 Å². The molecule has 0 aromatic heterocycles. The molecule has 2 aromatic rings. The van der Waals surface area contributed by atoms with Crippen molar-refractivity contribution >= 4 is 73.2 Å². The first-order chi connectivity index (χ1) is 11.4. The quantitative estimate of drug-likeness (QED) is 0.286. The third-order valence-electron chi connectivity index (χ3n) is 2.87. The van der Waals surface area contributed by atoms with E-state index in [1.807, 2.05) is 44.2 Å². The van der Waals surface area contributed by atoms with Gasteiger partial charge in [0.05, 0.1) is 25.0 Å². The molecular weight excluding hydrogens is 598 g/mol. The zero-order valence-corrected chi connectivity index (χ0v) is 18.9. The van der Waals surface area contributed by atoms with Crippen molar-refractivity contribution in [2.24, 2.45) is 5.10 Å². The van der Waals surface area contributed by atoms with Gasteiger partial charge in [0.15, 0.2) is 0 Å². The highest BCUT2D eigenvalue weighted by molar-refractivity contribution is 14.1. The van der Waals surface area contributed by atoms with Crippen molar-refractivity contribution in [3.05, 3.63) is 59.1 Å². The molecule has 2 rings (SSSR count). The highest BCUT2D eigenvalue weighted by atomic mass is 127. The van der Waals surface area contributed by atoms with E-state index in [1.54, 1.807) is 12.3 Å². The molecule has 0 unspecified atom stereocenters. The Labute approximate surface area is 176 Å². The normalized spacial score (nSPS) is 11.1. The van der Waals surface area contributed by atoms with Gasteiger partial charge in [0, 0.05) is 4.47 Å². The molecule has 0 aliphatic carbocycles. The summed E-state index contributed by atoms with van der Waals surface area (Å²) >= 11 is 7.83. The number of benzene rings is 2. The minimum absolute atomic E-state index is 0.121. The number of hydrogen-bond donors (Lipinski definition) is 1. The number of rotatable bonds is 5. The zero-order chi connectivity index (χ0) is 17.7. The van der Waals surface area contributed by atoms with Gasteiger partial charge in [-0.05, 0) is 105 Å². The van der Waals surface area contributed by atoms with E-state index in [9.17, 15) is 4.79 Å². The first kappa shape index (κ1) is 19.6. The van der Waals surface area contributed by atoms with Crippen molar-refractivity contribution in [2.75, 3.05) is 0 Å². The van der Waals surface area contributed by atoms with Crippen LogP contribution in [0.1, 0.15) is 29.8 Å². The minimum Gasteiger partial charge on any atom is -0.489 e. The lowest BCUT2D eigenvalue weighted by molar-refractivity contribution is 0.0954. The largest absolute Gasteiger partial charge is 0.489 e. The van der Waals surface area contributed by atoms with E-state index >= 15 is 0 Å². The fraction of sp³-hybridized carbons (Fsp3) is 0.176. The maximum atomic E-state index is 12.1. The topological polar surface area (TPSA) is 50.7 Å². The average Bonchev–Trinajstić information content (AvgIpc) is 2.51. The molecule has 0 heterocycles. The summed E-state index contributed by atoms with van der Waals surface area (Å²) in [5.41, 5.74) is 3.98. The number of ether oxygens (including phenoxy) is 1. The lowest BCUT2D eigenvalue weighted by atomic mass is 10.2. The smallest absolute Gasteiger partial charge is 0.272 e. The van der Waals surface area contributed by atoms with Gasteiger partial charge in [-0.15, -0.1) is 0 Å². The van der Waals surface area contributed by atoms with Crippen molar-refractivity contribution in [1.82, 2.24) is 5.43 Å². The van der Waals surface area contributed by atoms with Crippen LogP contribution in [0.3, 0.4) is 0 Å². The van der Waals surface area contributed by atoms with Crippen LogP contribution in [-0.4, -0.2) is 18.2 Å². The van der Waals surface area contributed by atoms with Gasteiger partial charge < -0.3 is 4.74 Å². The Hall–Kier alpha value is -0.680. The SMILES string of the molecule is CC(C)Oc1c(I)cc(/C=N\NC(=O)c2ccccc2Br)cc1I. The number of halogens is 3. The maximum Gasteiger partial charge on any atom is 0.272 e. The fourth-order valence-corrected chi connectivity index (χ4v) is 4.41. The summed E-state index contributed by atoms with van der Waals surface area (Å²) in [6.07, 6.45) is 1.74. The summed E-state index contributed by atoms with van der Waals surface area (Å²) < 4.78 is 8.56. The number of amides is 1. The molecule has 126 valence electrons. The lowest BCUT2D eigenvalue weighted by Gasteiger charge is -2.14. The Bertz CT molecular complexity index is 756. The van der Waals surface area contributed by atoms with Crippen molar-refractivity contribution in [3.8, 4) is 5.75 Å². The van der Waals surface area contributed by atoms with Gasteiger partial charge in [-0.2, -0.15) is 5.10 Å². The second-order valence-corrected chi connectivity index (χ2v) is 8.34. The van der Waals surface area contributed by atoms with E-state index in [1.165, 1.54) is 0 Å². The first-order valence-corrected chi connectivity index (χ1v) is 10.1. The molecule has 0 aliphatic heterocycles. The number of nitrogens with zero attached hydrogens (tertiary/aromatic N) is 1. The van der Waals surface area contributed by atoms with E-state index in [4.69, 9.17) is 4.74 Å². The Morgan fingerprint density at radius 1 is 1.25 bits per heavy atom. The molecule has 0 spiro atoms. The summed E-state index contributed by atoms with van der Waals surface area (Å²) in [6.45, 7) is 4.00. The number of carbonyl (C=O) groups excluding carboxylic acids is 1. The molecule has 4 nitrogen and oxygen atoms in total. The van der Waals surface area contributed by atoms with Crippen LogP contribution in [-0.2, 0) is 0 Å². The van der Waals surface area contributed by atoms with Crippen LogP contribution in [0.25, 0.3) is 0 Å². The van der Waals surface area contributed by atoms with Gasteiger partial charge in [0.1, 0.15) is 5.75 Å². The Balaban J connectivity index is 2.10. The highest BCUT2D eigenvalue weighted by Crippen LogP contribution is 2.29. The van der Waals surface area contributed by atoms with Crippen LogP contribution in [0.15, 0.2) is 46.0 Å². The van der Waals surface area contributed by atoms with Gasteiger partial charge in [-0.1, -0.05) is 12.1 Å². The number of nitrogens with one attached hydrogen (secondary N) is 1. The molecule has 0 fully saturated rings. The van der Waals surface area contributed by atoms with E-state index in [0.717, 1.165) is 22.9 Å². The van der Waals surface area contributed by atoms with Crippen molar-refractivity contribution in [1.29, 1.82) is 0 Å². The second kappa shape index (κ2) is 9.14. The predicted octanol–water partition coefficient (Wildman–Crippen LogP) is 5.21. The Kier molecular flexibility index (Phi) is 7.48. The van der Waals surface area contributed by atoms with Gasteiger partial charge in [0.2, 0.25) is 0 Å². The average molecular weight is 613 g/mol. The molecule has 7 heteroatoms.